The van der Waals surface area contributed by atoms with E-state index in [2.05, 4.69) is 0 Å². The molecular formula is C14H9F3N2S. The van der Waals surface area contributed by atoms with E-state index in [9.17, 15) is 13.2 Å². The van der Waals surface area contributed by atoms with Crippen LogP contribution >= 0.6 is 11.3 Å². The molecule has 20 heavy (non-hydrogen) atoms. The molecule has 0 aliphatic carbocycles. The summed E-state index contributed by atoms with van der Waals surface area (Å²) in [5.74, 6) is 0. The highest BCUT2D eigenvalue weighted by Gasteiger charge is 2.30. The predicted molar refractivity (Wildman–Crippen MR) is 72.4 cm³/mol. The first-order chi connectivity index (χ1) is 9.43. The van der Waals surface area contributed by atoms with E-state index in [1.807, 2.05) is 6.07 Å². The van der Waals surface area contributed by atoms with Crippen molar-refractivity contribution in [1.82, 2.24) is 0 Å². The molecule has 1 heterocycles. The average molecular weight is 294 g/mol. The summed E-state index contributed by atoms with van der Waals surface area (Å²) in [6, 6.07) is 10.0. The van der Waals surface area contributed by atoms with Gasteiger partial charge in [-0.05, 0) is 29.1 Å². The number of alkyl halides is 3. The minimum atomic E-state index is -4.44. The van der Waals surface area contributed by atoms with Crippen molar-refractivity contribution in [1.29, 1.82) is 5.26 Å². The molecule has 0 unspecified atom stereocenters. The van der Waals surface area contributed by atoms with Gasteiger partial charge in [-0.3, -0.25) is 0 Å². The summed E-state index contributed by atoms with van der Waals surface area (Å²) in [6.07, 6.45) is -4.44. The van der Waals surface area contributed by atoms with E-state index in [0.29, 0.717) is 4.88 Å². The zero-order valence-corrected chi connectivity index (χ0v) is 10.9. The summed E-state index contributed by atoms with van der Waals surface area (Å²) < 4.78 is 38.0. The van der Waals surface area contributed by atoms with Crippen LogP contribution in [0.25, 0.3) is 11.3 Å². The number of hydrogen-bond donors (Lipinski definition) is 1. The average Bonchev–Trinajstić information content (AvgIpc) is 2.92. The van der Waals surface area contributed by atoms with Crippen molar-refractivity contribution in [3.63, 3.8) is 0 Å². The number of halogens is 3. The first-order valence-corrected chi connectivity index (χ1v) is 6.43. The van der Waals surface area contributed by atoms with Crippen LogP contribution in [0.4, 0.5) is 13.2 Å². The standard InChI is InChI=1S/C14H9F3N2S/c15-14(16,17)10-4-1-3-9(7-10)13(19)11(8-18)12-5-2-6-20-12/h1-7H,19H2/b13-11-. The summed E-state index contributed by atoms with van der Waals surface area (Å²) in [7, 11) is 0. The molecule has 0 radical (unpaired) electrons. The summed E-state index contributed by atoms with van der Waals surface area (Å²) in [4.78, 5) is 0.627. The molecule has 0 fully saturated rings. The van der Waals surface area contributed by atoms with Crippen LogP contribution in [0.3, 0.4) is 0 Å². The van der Waals surface area contributed by atoms with Gasteiger partial charge in [-0.1, -0.05) is 18.2 Å². The van der Waals surface area contributed by atoms with Gasteiger partial charge in [0, 0.05) is 4.88 Å². The van der Waals surface area contributed by atoms with Gasteiger partial charge in [0.1, 0.15) is 6.07 Å². The third kappa shape index (κ3) is 2.83. The van der Waals surface area contributed by atoms with E-state index < -0.39 is 11.7 Å². The lowest BCUT2D eigenvalue weighted by Crippen LogP contribution is -2.07. The molecule has 2 N–H and O–H groups in total. The van der Waals surface area contributed by atoms with Crippen molar-refractivity contribution in [2.45, 2.75) is 6.18 Å². The summed E-state index contributed by atoms with van der Waals surface area (Å²) in [5, 5.41) is 10.9. The van der Waals surface area contributed by atoms with E-state index in [1.54, 1.807) is 17.5 Å². The van der Waals surface area contributed by atoms with Gasteiger partial charge in [0.2, 0.25) is 0 Å². The first kappa shape index (κ1) is 14.2. The van der Waals surface area contributed by atoms with Crippen LogP contribution in [0.15, 0.2) is 41.8 Å². The second-order valence-corrected chi connectivity index (χ2v) is 4.90. The van der Waals surface area contributed by atoms with E-state index in [1.165, 1.54) is 23.5 Å². The number of nitrogens with zero attached hydrogens (tertiary/aromatic N) is 1. The van der Waals surface area contributed by atoms with Crippen molar-refractivity contribution in [2.24, 2.45) is 5.73 Å². The Labute approximate surface area is 117 Å². The van der Waals surface area contributed by atoms with Crippen molar-refractivity contribution >= 4 is 22.6 Å². The Morgan fingerprint density at radius 2 is 1.95 bits per heavy atom. The molecule has 0 aliphatic heterocycles. The highest BCUT2D eigenvalue weighted by Crippen LogP contribution is 2.32. The normalized spacial score (nSPS) is 12.7. The minimum Gasteiger partial charge on any atom is -0.397 e. The largest absolute Gasteiger partial charge is 0.416 e. The van der Waals surface area contributed by atoms with Crippen LogP contribution in [0.1, 0.15) is 16.0 Å². The maximum Gasteiger partial charge on any atom is 0.416 e. The first-order valence-electron chi connectivity index (χ1n) is 5.55. The molecule has 0 spiro atoms. The maximum atomic E-state index is 12.7. The van der Waals surface area contributed by atoms with Crippen LogP contribution < -0.4 is 5.73 Å². The van der Waals surface area contributed by atoms with Gasteiger partial charge in [-0.15, -0.1) is 11.3 Å². The fraction of sp³-hybridized carbons (Fsp3) is 0.0714. The lowest BCUT2D eigenvalue weighted by atomic mass is 10.0. The summed E-state index contributed by atoms with van der Waals surface area (Å²) in [6.45, 7) is 0. The molecule has 1 aromatic heterocycles. The molecule has 2 rings (SSSR count). The van der Waals surface area contributed by atoms with E-state index in [4.69, 9.17) is 11.0 Å². The predicted octanol–water partition coefficient (Wildman–Crippen LogP) is 4.12. The maximum absolute atomic E-state index is 12.7. The van der Waals surface area contributed by atoms with Crippen LogP contribution in [0.5, 0.6) is 0 Å². The number of nitrogens with two attached hydrogens (primary N) is 1. The van der Waals surface area contributed by atoms with Gasteiger partial charge in [0.05, 0.1) is 16.8 Å². The second kappa shape index (κ2) is 5.39. The molecule has 102 valence electrons. The lowest BCUT2D eigenvalue weighted by Gasteiger charge is -2.10. The number of rotatable bonds is 2. The smallest absolute Gasteiger partial charge is 0.397 e. The zero-order chi connectivity index (χ0) is 14.8. The molecule has 0 bridgehead atoms. The van der Waals surface area contributed by atoms with Gasteiger partial charge in [-0.25, -0.2) is 0 Å². The van der Waals surface area contributed by atoms with Gasteiger partial charge in [-0.2, -0.15) is 18.4 Å². The Balaban J connectivity index is 2.53. The molecule has 0 atom stereocenters. The monoisotopic (exact) mass is 294 g/mol. The lowest BCUT2D eigenvalue weighted by molar-refractivity contribution is -0.137. The second-order valence-electron chi connectivity index (χ2n) is 3.96. The number of benzene rings is 1. The molecule has 2 nitrogen and oxygen atoms in total. The molecular weight excluding hydrogens is 285 g/mol. The fourth-order valence-corrected chi connectivity index (χ4v) is 2.41. The third-order valence-electron chi connectivity index (χ3n) is 2.65. The highest BCUT2D eigenvalue weighted by molar-refractivity contribution is 7.11. The fourth-order valence-electron chi connectivity index (χ4n) is 1.68. The Kier molecular flexibility index (Phi) is 3.81. The van der Waals surface area contributed by atoms with Crippen LogP contribution in [-0.4, -0.2) is 0 Å². The van der Waals surface area contributed by atoms with Crippen LogP contribution in [0.2, 0.25) is 0 Å². The van der Waals surface area contributed by atoms with Gasteiger partial charge >= 0.3 is 6.18 Å². The number of nitriles is 1. The Bertz CT molecular complexity index is 679. The number of allylic oxidation sites excluding steroid dienone is 1. The number of thiophene rings is 1. The van der Waals surface area contributed by atoms with E-state index in [-0.39, 0.29) is 16.8 Å². The summed E-state index contributed by atoms with van der Waals surface area (Å²) >= 11 is 1.31. The summed E-state index contributed by atoms with van der Waals surface area (Å²) in [5.41, 5.74) is 5.47. The SMILES string of the molecule is N#C/C(=C(/N)c1cccc(C(F)(F)F)c1)c1cccs1. The molecule has 0 saturated heterocycles. The third-order valence-corrected chi connectivity index (χ3v) is 3.54. The van der Waals surface area contributed by atoms with Crippen molar-refractivity contribution in [3.05, 3.63) is 57.8 Å². The van der Waals surface area contributed by atoms with Gasteiger partial charge < -0.3 is 5.73 Å². The minimum absolute atomic E-state index is 0.0426. The zero-order valence-electron chi connectivity index (χ0n) is 10.1. The molecule has 0 aliphatic rings. The van der Waals surface area contributed by atoms with Crippen molar-refractivity contribution in [2.75, 3.05) is 0 Å². The Hall–Kier alpha value is -2.26. The van der Waals surface area contributed by atoms with Crippen molar-refractivity contribution in [3.8, 4) is 6.07 Å². The van der Waals surface area contributed by atoms with E-state index in [0.717, 1.165) is 12.1 Å². The highest BCUT2D eigenvalue weighted by atomic mass is 32.1. The molecule has 2 aromatic rings. The Morgan fingerprint density at radius 1 is 1.20 bits per heavy atom. The van der Waals surface area contributed by atoms with E-state index >= 15 is 0 Å². The van der Waals surface area contributed by atoms with Gasteiger partial charge in [0.15, 0.2) is 0 Å². The van der Waals surface area contributed by atoms with Crippen molar-refractivity contribution < 1.29 is 13.2 Å². The van der Waals surface area contributed by atoms with Crippen LogP contribution in [-0.2, 0) is 6.18 Å². The molecule has 1 aromatic carbocycles. The topological polar surface area (TPSA) is 49.8 Å². The van der Waals surface area contributed by atoms with Gasteiger partial charge in [0.25, 0.3) is 0 Å². The molecule has 0 amide bonds. The number of hydrogen-bond acceptors (Lipinski definition) is 3. The Morgan fingerprint density at radius 3 is 2.50 bits per heavy atom. The molecule has 0 saturated carbocycles. The van der Waals surface area contributed by atoms with Crippen LogP contribution in [0, 0.1) is 11.3 Å². The molecule has 6 heteroatoms. The quantitative estimate of drug-likeness (QED) is 0.847.